The van der Waals surface area contributed by atoms with Crippen molar-refractivity contribution in [3.8, 4) is 0 Å². The average Bonchev–Trinajstić information content (AvgIpc) is 1.55. The van der Waals surface area contributed by atoms with Crippen molar-refractivity contribution in [2.75, 3.05) is 38.2 Å². The number of benzene rings is 1. The van der Waals surface area contributed by atoms with Gasteiger partial charge in [0.1, 0.15) is 61.5 Å². The summed E-state index contributed by atoms with van der Waals surface area (Å²) in [4.78, 5) is 106. The molecule has 29 heteroatoms. The zero-order valence-electron chi connectivity index (χ0n) is 54.8. The monoisotopic (exact) mass is 1330 g/mol. The molecule has 5 fully saturated rings. The summed E-state index contributed by atoms with van der Waals surface area (Å²) in [5.41, 5.74) is 11.6. The van der Waals surface area contributed by atoms with Gasteiger partial charge in [-0.2, -0.15) is 0 Å². The van der Waals surface area contributed by atoms with Crippen LogP contribution in [0.25, 0.3) is 0 Å². The van der Waals surface area contributed by atoms with Gasteiger partial charge in [-0.1, -0.05) is 82.9 Å². The van der Waals surface area contributed by atoms with Gasteiger partial charge in [-0.3, -0.25) is 28.8 Å². The van der Waals surface area contributed by atoms with Crippen molar-refractivity contribution in [1.82, 2.24) is 36.3 Å². The lowest BCUT2D eigenvalue weighted by atomic mass is 9.46. The van der Waals surface area contributed by atoms with E-state index in [4.69, 9.17) is 39.9 Å². The van der Waals surface area contributed by atoms with Gasteiger partial charge in [-0.05, 0) is 131 Å². The highest BCUT2D eigenvalue weighted by Crippen LogP contribution is 2.70. The molecule has 9 rings (SSSR count). The first-order valence-corrected chi connectivity index (χ1v) is 33.5. The summed E-state index contributed by atoms with van der Waals surface area (Å²) >= 11 is 0. The van der Waals surface area contributed by atoms with E-state index in [1.807, 2.05) is 19.9 Å². The number of anilines is 1. The summed E-state index contributed by atoms with van der Waals surface area (Å²) in [5, 5.41) is 75.3. The van der Waals surface area contributed by atoms with Gasteiger partial charge < -0.3 is 92.0 Å². The first-order valence-electron chi connectivity index (χ1n) is 33.5. The first-order chi connectivity index (χ1) is 45.3. The molecule has 7 aliphatic rings. The number of amides is 6. The number of carbonyl (C=O) groups excluding carboxylic acids is 8. The topological polar surface area (TPSA) is 436 Å². The Hall–Kier alpha value is -6.80. The average molecular weight is 1330 g/mol. The van der Waals surface area contributed by atoms with Gasteiger partial charge in [0, 0.05) is 35.5 Å². The van der Waals surface area contributed by atoms with Gasteiger partial charge in [0.05, 0.1) is 30.6 Å². The Labute approximate surface area is 551 Å². The second kappa shape index (κ2) is 31.6. The largest absolute Gasteiger partial charge is 0.509 e. The quantitative estimate of drug-likeness (QED) is 0.0429. The second-order valence-electron chi connectivity index (χ2n) is 27.2. The van der Waals surface area contributed by atoms with E-state index in [2.05, 4.69) is 43.8 Å². The summed E-state index contributed by atoms with van der Waals surface area (Å²) in [5.74, 6) is -3.53. The number of aromatic nitrogens is 3. The number of fused-ring (bicyclic) bond motifs is 8. The first kappa shape index (κ1) is 72.5. The number of urea groups is 1. The van der Waals surface area contributed by atoms with Crippen LogP contribution < -0.4 is 38.1 Å². The maximum Gasteiger partial charge on any atom is 0.509 e. The van der Waals surface area contributed by atoms with Crippen LogP contribution in [-0.4, -0.2) is 187 Å². The molecule has 2 aliphatic heterocycles. The van der Waals surface area contributed by atoms with Crippen LogP contribution in [0.1, 0.15) is 160 Å². The van der Waals surface area contributed by atoms with Crippen molar-refractivity contribution in [2.24, 2.45) is 46.0 Å². The molecule has 6 amide bonds. The number of Topliss-reactive ketones (excluding diaryl/α,β-unsaturated/α-hetero) is 1. The molecule has 0 spiro atoms. The molecule has 0 bridgehead atoms. The van der Waals surface area contributed by atoms with E-state index in [1.54, 1.807) is 50.3 Å². The molecular weight excluding hydrogens is 1240 g/mol. The molecule has 14 N–H and O–H groups in total. The van der Waals surface area contributed by atoms with Gasteiger partial charge in [-0.15, -0.1) is 5.10 Å². The number of nitrogens with two attached hydrogens (primary N) is 2. The van der Waals surface area contributed by atoms with Gasteiger partial charge in [-0.25, -0.2) is 14.3 Å². The van der Waals surface area contributed by atoms with E-state index in [1.165, 1.54) is 4.68 Å². The number of allylic oxidation sites excluding steroid dienone is 4. The van der Waals surface area contributed by atoms with Crippen LogP contribution >= 0.6 is 0 Å². The summed E-state index contributed by atoms with van der Waals surface area (Å²) in [7, 11) is 0. The Morgan fingerprint density at radius 2 is 1.61 bits per heavy atom. The lowest BCUT2D eigenvalue weighted by Gasteiger charge is -2.59. The number of ether oxygens (including phenoxy) is 6. The number of hydrogen-bond donors (Lipinski definition) is 12. The highest BCUT2D eigenvalue weighted by atomic mass is 16.8. The van der Waals surface area contributed by atoms with Crippen LogP contribution in [0.5, 0.6) is 0 Å². The Balaban J connectivity index is 0.720. The molecule has 524 valence electrons. The lowest BCUT2D eigenvalue weighted by molar-refractivity contribution is -0.254. The van der Waals surface area contributed by atoms with Crippen LogP contribution in [0.3, 0.4) is 0 Å². The number of carbonyl (C=O) groups is 8. The fourth-order valence-corrected chi connectivity index (χ4v) is 15.7. The number of primary amides is 1. The normalized spacial score (nSPS) is 31.7. The van der Waals surface area contributed by atoms with E-state index in [0.29, 0.717) is 67.6 Å². The number of hydrogen-bond acceptors (Lipinski definition) is 22. The summed E-state index contributed by atoms with van der Waals surface area (Å²) in [6.45, 7) is 7.99. The van der Waals surface area contributed by atoms with Crippen LogP contribution in [0.15, 0.2) is 48.1 Å². The standard InChI is InChI=1S/C66H96N10O19/c1-6-13-51-94-49-29-41-40-23-20-37-28-39(78)24-25-64(37,4)52(40)45(79)30-65(41,5)66(49,95-51)48(80)33-92-63(89)91-32-36-18-21-38(22-19-36)71-59(86)43(15-12-27-70-62(68)88)72-60(87)53(35(2)3)73-58(85)42(67)14-10-11-26-69-50(81)34-90-46-17-9-7-8-16-44-54(46)74-75-76(44)61-57(84)56(83)55(82)47(31-77)93-61/h18-19,21-22,24-25,28,35,40-43,45-47,49,51-53,55-57,61,77,79,82-84H,6-17,20,23,26-27,29-34,67H2,1-5H3,(H,69,81)(H,71,86)(H,72,87)(H,73,85)(H3,68,70,88)/t40-,41-,42+,43-,45-,46?,47+,49+,51?,52+,53-,55-,56-,57+,61+,64-,65-,66+/m0/s1. The SMILES string of the molecule is CCCC1O[C@@H]2C[C@H]3[C@@H]4CCC5=CC(=O)C=C[C@]5(C)[C@H]4[C@@H](O)C[C@]3(C)[C@]2(C(=O)COC(=O)OCc2ccc(NC(=O)[C@H](CCCNC(N)=O)NC(=O)[C@@H](NC(=O)[C@H](N)CCCCNC(=O)COC3CCCCCc4c3nnn4[C@@H]3O[C@H](CO)[C@H](O)[C@H](O)[C@H]3O)C(C)C)cc2)O1. The van der Waals surface area contributed by atoms with Gasteiger partial charge in [0.25, 0.3) is 0 Å². The van der Waals surface area contributed by atoms with Crippen molar-refractivity contribution < 1.29 is 92.3 Å². The molecule has 2 aromatic rings. The second-order valence-corrected chi connectivity index (χ2v) is 27.2. The van der Waals surface area contributed by atoms with Crippen LogP contribution in [0.4, 0.5) is 15.3 Å². The molecule has 1 aromatic carbocycles. The molecule has 5 aliphatic carbocycles. The zero-order chi connectivity index (χ0) is 68.5. The highest BCUT2D eigenvalue weighted by Gasteiger charge is 2.76. The Kier molecular flexibility index (Phi) is 24.1. The molecule has 0 radical (unpaired) electrons. The van der Waals surface area contributed by atoms with Crippen molar-refractivity contribution in [3.05, 3.63) is 65.0 Å². The minimum atomic E-state index is -1.60. The van der Waals surface area contributed by atoms with Crippen molar-refractivity contribution in [3.63, 3.8) is 0 Å². The van der Waals surface area contributed by atoms with Crippen molar-refractivity contribution in [2.45, 2.75) is 223 Å². The van der Waals surface area contributed by atoms with Crippen LogP contribution in [0, 0.1) is 34.5 Å². The minimum Gasteiger partial charge on any atom is -0.429 e. The van der Waals surface area contributed by atoms with E-state index in [9.17, 15) is 63.9 Å². The fraction of sp³-hybridized carbons (Fsp3) is 0.697. The van der Waals surface area contributed by atoms with Crippen LogP contribution in [0.2, 0.25) is 0 Å². The molecule has 95 heavy (non-hydrogen) atoms. The number of aliphatic hydroxyl groups excluding tert-OH is 5. The third-order valence-corrected chi connectivity index (χ3v) is 20.6. The van der Waals surface area contributed by atoms with Crippen LogP contribution in [-0.2, 0) is 70.2 Å². The maximum atomic E-state index is 14.7. The molecule has 18 atom stereocenters. The van der Waals surface area contributed by atoms with Gasteiger partial charge in [0.15, 0.2) is 30.5 Å². The predicted molar refractivity (Wildman–Crippen MR) is 337 cm³/mol. The molecular formula is C66H96N10O19. The number of rotatable bonds is 28. The van der Waals surface area contributed by atoms with Crippen molar-refractivity contribution >= 4 is 53.1 Å². The van der Waals surface area contributed by atoms with Crippen molar-refractivity contribution in [1.29, 1.82) is 0 Å². The van der Waals surface area contributed by atoms with Gasteiger partial charge in [0.2, 0.25) is 29.4 Å². The molecule has 3 heterocycles. The number of unbranched alkanes of at least 4 members (excludes halogenated alkanes) is 1. The smallest absolute Gasteiger partial charge is 0.429 e. The molecule has 2 unspecified atom stereocenters. The van der Waals surface area contributed by atoms with E-state index < -0.39 is 151 Å². The molecule has 2 saturated heterocycles. The Bertz CT molecular complexity index is 3140. The number of aliphatic hydroxyl groups is 5. The summed E-state index contributed by atoms with van der Waals surface area (Å²) in [6.07, 6.45) is 2.52. The lowest BCUT2D eigenvalue weighted by Crippen LogP contribution is -2.63. The molecule has 1 aromatic heterocycles. The number of nitrogens with zero attached hydrogens (tertiary/aromatic N) is 3. The minimum absolute atomic E-state index is 0.00304. The summed E-state index contributed by atoms with van der Waals surface area (Å²) in [6, 6.07) is 2.23. The zero-order valence-corrected chi connectivity index (χ0v) is 54.8. The molecule has 29 nitrogen and oxygen atoms in total. The fourth-order valence-electron chi connectivity index (χ4n) is 15.7. The number of nitrogens with one attached hydrogen (secondary N) is 5. The Morgan fingerprint density at radius 1 is 0.853 bits per heavy atom. The van der Waals surface area contributed by atoms with E-state index >= 15 is 0 Å². The third-order valence-electron chi connectivity index (χ3n) is 20.6. The molecule has 3 saturated carbocycles. The number of ketones is 2. The van der Waals surface area contributed by atoms with E-state index in [0.717, 1.165) is 37.7 Å². The third kappa shape index (κ3) is 16.0. The van der Waals surface area contributed by atoms with E-state index in [-0.39, 0.29) is 75.5 Å². The Morgan fingerprint density at radius 3 is 2.34 bits per heavy atom. The predicted octanol–water partition coefficient (Wildman–Crippen LogP) is 2.14. The van der Waals surface area contributed by atoms with Gasteiger partial charge >= 0.3 is 12.2 Å². The highest BCUT2D eigenvalue weighted by molar-refractivity contribution is 6.01. The maximum absolute atomic E-state index is 14.7. The summed E-state index contributed by atoms with van der Waals surface area (Å²) < 4.78 is 37.2.